The first kappa shape index (κ1) is 28.0. The fourth-order valence-electron chi connectivity index (χ4n) is 6.17. The van der Waals surface area contributed by atoms with Gasteiger partial charge in [0, 0.05) is 40.8 Å². The Kier molecular flexibility index (Phi) is 6.35. The standard InChI is InChI=1S/C33H28O10/c1-14-6-18-26(20(7-14)41-4)32(38)27-19(34)11-22-28(29(27)30(18)36)25-16(12-33(2,39)13-23(35)43-22)8-15-9-17(40-3)10-21(42-5)24(15)31(25)37/h6-11,34,37,39H,12-13H2,1-5H3/t33-/m1/s1. The number of ketones is 2. The summed E-state index contributed by atoms with van der Waals surface area (Å²) in [5.74, 6) is -2.50. The first-order chi connectivity index (χ1) is 20.4. The number of fused-ring (bicyclic) bond motifs is 7. The average molecular weight is 585 g/mol. The Hall–Kier alpha value is -5.09. The molecule has 1 heterocycles. The fourth-order valence-corrected chi connectivity index (χ4v) is 6.17. The van der Waals surface area contributed by atoms with E-state index < -0.39 is 35.3 Å². The Labute approximate surface area is 246 Å². The molecule has 0 aromatic heterocycles. The maximum Gasteiger partial charge on any atom is 0.314 e. The van der Waals surface area contributed by atoms with Gasteiger partial charge in [-0.25, -0.2) is 0 Å². The molecule has 220 valence electrons. The quantitative estimate of drug-likeness (QED) is 0.202. The number of phenols is 2. The number of aromatic hydroxyl groups is 2. The van der Waals surface area contributed by atoms with Crippen LogP contribution in [0, 0.1) is 6.92 Å². The molecule has 4 aromatic carbocycles. The van der Waals surface area contributed by atoms with Gasteiger partial charge in [-0.3, -0.25) is 14.4 Å². The molecule has 0 fully saturated rings. The van der Waals surface area contributed by atoms with E-state index in [1.807, 2.05) is 0 Å². The predicted molar refractivity (Wildman–Crippen MR) is 155 cm³/mol. The molecule has 10 heteroatoms. The van der Waals surface area contributed by atoms with Gasteiger partial charge in [0.25, 0.3) is 0 Å². The van der Waals surface area contributed by atoms with Gasteiger partial charge >= 0.3 is 5.97 Å². The average Bonchev–Trinajstić information content (AvgIpc) is 2.98. The number of carbonyl (C=O) groups is 3. The summed E-state index contributed by atoms with van der Waals surface area (Å²) in [6.45, 7) is 3.19. The van der Waals surface area contributed by atoms with Crippen molar-refractivity contribution in [3.05, 3.63) is 69.8 Å². The van der Waals surface area contributed by atoms with Crippen LogP contribution in [0.5, 0.6) is 34.5 Å². The molecule has 43 heavy (non-hydrogen) atoms. The van der Waals surface area contributed by atoms with Crippen LogP contribution in [0.1, 0.15) is 56.3 Å². The van der Waals surface area contributed by atoms with Crippen molar-refractivity contribution in [2.45, 2.75) is 32.3 Å². The zero-order valence-corrected chi connectivity index (χ0v) is 24.1. The van der Waals surface area contributed by atoms with Crippen molar-refractivity contribution in [2.24, 2.45) is 0 Å². The minimum atomic E-state index is -1.63. The van der Waals surface area contributed by atoms with Crippen LogP contribution in [0.15, 0.2) is 36.4 Å². The number of methoxy groups -OCH3 is 3. The number of hydrogen-bond donors (Lipinski definition) is 3. The van der Waals surface area contributed by atoms with Crippen molar-refractivity contribution in [2.75, 3.05) is 21.3 Å². The molecule has 10 nitrogen and oxygen atoms in total. The molecule has 6 rings (SSSR count). The number of ether oxygens (including phenoxy) is 4. The van der Waals surface area contributed by atoms with Crippen molar-refractivity contribution < 1.29 is 48.7 Å². The number of benzene rings is 4. The van der Waals surface area contributed by atoms with Gasteiger partial charge in [0.1, 0.15) is 34.5 Å². The van der Waals surface area contributed by atoms with Crippen LogP contribution in [0.2, 0.25) is 0 Å². The van der Waals surface area contributed by atoms with Crippen LogP contribution in [0.4, 0.5) is 0 Å². The van der Waals surface area contributed by atoms with Crippen LogP contribution >= 0.6 is 0 Å². The van der Waals surface area contributed by atoms with Crippen molar-refractivity contribution in [3.63, 3.8) is 0 Å². The highest BCUT2D eigenvalue weighted by molar-refractivity contribution is 6.33. The molecule has 1 aliphatic heterocycles. The molecular weight excluding hydrogens is 556 g/mol. The van der Waals surface area contributed by atoms with E-state index in [-0.39, 0.29) is 68.2 Å². The number of esters is 1. The van der Waals surface area contributed by atoms with E-state index in [1.54, 1.807) is 37.3 Å². The van der Waals surface area contributed by atoms with Gasteiger partial charge in [0.2, 0.25) is 5.78 Å². The van der Waals surface area contributed by atoms with Crippen molar-refractivity contribution in [1.82, 2.24) is 0 Å². The highest BCUT2D eigenvalue weighted by Gasteiger charge is 2.41. The molecule has 0 unspecified atom stereocenters. The Morgan fingerprint density at radius 2 is 1.49 bits per heavy atom. The summed E-state index contributed by atoms with van der Waals surface area (Å²) in [7, 11) is 4.28. The highest BCUT2D eigenvalue weighted by atomic mass is 16.5. The van der Waals surface area contributed by atoms with E-state index in [9.17, 15) is 29.7 Å². The second-order valence-corrected chi connectivity index (χ2v) is 11.1. The van der Waals surface area contributed by atoms with E-state index in [0.717, 1.165) is 6.07 Å². The summed E-state index contributed by atoms with van der Waals surface area (Å²) in [6, 6.07) is 9.17. The summed E-state index contributed by atoms with van der Waals surface area (Å²) >= 11 is 0. The lowest BCUT2D eigenvalue weighted by Crippen LogP contribution is -2.32. The molecule has 2 aliphatic rings. The van der Waals surface area contributed by atoms with Crippen molar-refractivity contribution in [1.29, 1.82) is 0 Å². The smallest absolute Gasteiger partial charge is 0.314 e. The summed E-state index contributed by atoms with van der Waals surface area (Å²) in [5.41, 5.74) is -1.22. The normalized spacial score (nSPS) is 17.5. The lowest BCUT2D eigenvalue weighted by Gasteiger charge is -2.26. The number of aryl methyl sites for hydroxylation is 1. The Balaban J connectivity index is 1.80. The molecule has 3 N–H and O–H groups in total. The lowest BCUT2D eigenvalue weighted by molar-refractivity contribution is -0.139. The third-order valence-electron chi connectivity index (χ3n) is 7.92. The third-order valence-corrected chi connectivity index (χ3v) is 7.92. The van der Waals surface area contributed by atoms with Gasteiger partial charge < -0.3 is 34.3 Å². The number of carbonyl (C=O) groups excluding carboxylic acids is 3. The molecule has 1 atom stereocenters. The molecule has 0 radical (unpaired) electrons. The maximum absolute atomic E-state index is 14.4. The SMILES string of the molecule is COc1cc(OC)c2c(O)c3c(cc2c1)C[C@@](C)(O)CC(=O)Oc1cc(O)c2c(c1-3)C(=O)c1cc(C)cc(OC)c1C2=O. The maximum atomic E-state index is 14.4. The van der Waals surface area contributed by atoms with Gasteiger partial charge in [0.15, 0.2) is 5.78 Å². The lowest BCUT2D eigenvalue weighted by atomic mass is 9.77. The Morgan fingerprint density at radius 1 is 0.767 bits per heavy atom. The molecule has 0 saturated carbocycles. The van der Waals surface area contributed by atoms with Crippen LogP contribution in [0.25, 0.3) is 21.9 Å². The first-order valence-electron chi connectivity index (χ1n) is 13.4. The number of aliphatic hydroxyl groups is 1. The summed E-state index contributed by atoms with van der Waals surface area (Å²) < 4.78 is 22.0. The van der Waals surface area contributed by atoms with E-state index in [0.29, 0.717) is 22.3 Å². The van der Waals surface area contributed by atoms with Gasteiger partial charge in [-0.15, -0.1) is 0 Å². The highest BCUT2D eigenvalue weighted by Crippen LogP contribution is 2.53. The van der Waals surface area contributed by atoms with Crippen molar-refractivity contribution >= 4 is 28.3 Å². The third kappa shape index (κ3) is 4.25. The minimum absolute atomic E-state index is 0.0134. The predicted octanol–water partition coefficient (Wildman–Crippen LogP) is 4.63. The van der Waals surface area contributed by atoms with E-state index in [4.69, 9.17) is 18.9 Å². The minimum Gasteiger partial charge on any atom is -0.507 e. The Bertz CT molecular complexity index is 1920. The molecule has 0 bridgehead atoms. The van der Waals surface area contributed by atoms with Crippen LogP contribution in [-0.2, 0) is 11.2 Å². The number of phenolic OH excluding ortho intramolecular Hbond substituents is 2. The molecule has 1 aliphatic carbocycles. The topological polar surface area (TPSA) is 149 Å². The van der Waals surface area contributed by atoms with E-state index in [1.165, 1.54) is 28.3 Å². The summed E-state index contributed by atoms with van der Waals surface area (Å²) in [5, 5.41) is 35.1. The van der Waals surface area contributed by atoms with Crippen LogP contribution in [-0.4, -0.2) is 59.8 Å². The fraction of sp³-hybridized carbons (Fsp3) is 0.242. The molecule has 0 amide bonds. The van der Waals surface area contributed by atoms with Crippen LogP contribution < -0.4 is 18.9 Å². The molecule has 4 aromatic rings. The molecular formula is C33H28O10. The second kappa shape index (κ2) is 9.74. The van der Waals surface area contributed by atoms with Gasteiger partial charge in [-0.05, 0) is 54.6 Å². The van der Waals surface area contributed by atoms with E-state index >= 15 is 0 Å². The zero-order chi connectivity index (χ0) is 31.0. The molecule has 0 saturated heterocycles. The molecule has 0 spiro atoms. The summed E-state index contributed by atoms with van der Waals surface area (Å²) in [4.78, 5) is 41.4. The van der Waals surface area contributed by atoms with Gasteiger partial charge in [0.05, 0.1) is 49.9 Å². The second-order valence-electron chi connectivity index (χ2n) is 11.1. The largest absolute Gasteiger partial charge is 0.507 e. The Morgan fingerprint density at radius 3 is 2.16 bits per heavy atom. The van der Waals surface area contributed by atoms with Gasteiger partial charge in [-0.2, -0.15) is 0 Å². The van der Waals surface area contributed by atoms with Crippen molar-refractivity contribution in [3.8, 4) is 45.6 Å². The van der Waals surface area contributed by atoms with E-state index in [2.05, 4.69) is 0 Å². The zero-order valence-electron chi connectivity index (χ0n) is 24.1. The summed E-state index contributed by atoms with van der Waals surface area (Å²) in [6.07, 6.45) is -0.572. The van der Waals surface area contributed by atoms with Crippen LogP contribution in [0.3, 0.4) is 0 Å². The monoisotopic (exact) mass is 584 g/mol. The number of rotatable bonds is 3. The number of hydrogen-bond acceptors (Lipinski definition) is 10. The first-order valence-corrected chi connectivity index (χ1v) is 13.4. The van der Waals surface area contributed by atoms with Gasteiger partial charge in [-0.1, -0.05) is 0 Å².